The number of aromatic amines is 6. The highest BCUT2D eigenvalue weighted by Gasteiger charge is 2.06. The van der Waals surface area contributed by atoms with Gasteiger partial charge in [0.1, 0.15) is 34.9 Å². The largest absolute Gasteiger partial charge is 0.361 e. The summed E-state index contributed by atoms with van der Waals surface area (Å²) in [5.41, 5.74) is 9.70. The molecule has 12 aromatic rings. The van der Waals surface area contributed by atoms with Crippen LogP contribution in [0.15, 0.2) is 146 Å². The molecule has 0 atom stereocenters. The summed E-state index contributed by atoms with van der Waals surface area (Å²) >= 11 is 0. The summed E-state index contributed by atoms with van der Waals surface area (Å²) in [6.07, 6.45) is 10.5. The first-order valence-electron chi connectivity index (χ1n) is 27.0. The van der Waals surface area contributed by atoms with E-state index in [0.717, 1.165) is 54.9 Å². The smallest absolute Gasteiger partial charge is 0.150 e. The maximum atomic E-state index is 13.2. The van der Waals surface area contributed by atoms with E-state index in [-0.39, 0.29) is 34.9 Å². The van der Waals surface area contributed by atoms with Gasteiger partial charge in [-0.3, -0.25) is 0 Å². The van der Waals surface area contributed by atoms with E-state index in [1.165, 1.54) is 24.3 Å². The lowest BCUT2D eigenvalue weighted by Crippen LogP contribution is -1.82. The molecule has 6 N–H and O–H groups in total. The van der Waals surface area contributed by atoms with Gasteiger partial charge in [-0.1, -0.05) is 107 Å². The van der Waals surface area contributed by atoms with Crippen molar-refractivity contribution in [1.29, 1.82) is 0 Å². The van der Waals surface area contributed by atoms with E-state index in [1.54, 1.807) is 88.2 Å². The normalized spacial score (nSPS) is 9.54. The van der Waals surface area contributed by atoms with Gasteiger partial charge < -0.3 is 29.9 Å². The Morgan fingerprint density at radius 3 is 1.37 bits per heavy atom. The second kappa shape index (κ2) is 36.2. The fourth-order valence-electron chi connectivity index (χ4n) is 7.38. The lowest BCUT2D eigenvalue weighted by molar-refractivity contribution is 0.620. The monoisotopic (exact) mass is 1070 g/mol. The molecule has 12 heteroatoms. The van der Waals surface area contributed by atoms with E-state index in [2.05, 4.69) is 29.9 Å². The summed E-state index contributed by atoms with van der Waals surface area (Å²) in [7, 11) is 0. The highest BCUT2D eigenvalue weighted by Crippen LogP contribution is 2.23. The van der Waals surface area contributed by atoms with Crippen molar-refractivity contribution in [2.45, 2.75) is 125 Å². The maximum absolute atomic E-state index is 13.2. The third-order valence-corrected chi connectivity index (χ3v) is 10.9. The van der Waals surface area contributed by atoms with Gasteiger partial charge in [0, 0.05) is 80.7 Å². The first kappa shape index (κ1) is 68.2. The second-order valence-corrected chi connectivity index (χ2v) is 15.9. The lowest BCUT2D eigenvalue weighted by atomic mass is 10.1. The predicted molar refractivity (Wildman–Crippen MR) is 326 cm³/mol. The first-order chi connectivity index (χ1) is 37.7. The highest BCUT2D eigenvalue weighted by atomic mass is 19.1. The minimum absolute atomic E-state index is 0.122. The van der Waals surface area contributed by atoms with Gasteiger partial charge in [0.25, 0.3) is 0 Å². The van der Waals surface area contributed by atoms with Crippen LogP contribution in [0, 0.1) is 76.4 Å². The van der Waals surface area contributed by atoms with Gasteiger partial charge in [-0.15, -0.1) is 0 Å². The number of hydrogen-bond donors (Lipinski definition) is 6. The van der Waals surface area contributed by atoms with Crippen molar-refractivity contribution in [3.8, 4) is 0 Å². The summed E-state index contributed by atoms with van der Waals surface area (Å²) in [6.45, 7) is 35.0. The van der Waals surface area contributed by atoms with Gasteiger partial charge in [0.2, 0.25) is 0 Å². The van der Waals surface area contributed by atoms with Gasteiger partial charge in [-0.25, -0.2) is 26.3 Å². The number of aryl methyl sites for hydroxylation is 6. The predicted octanol–water partition coefficient (Wildman–Crippen LogP) is 21.8. The van der Waals surface area contributed by atoms with Crippen LogP contribution in [0.3, 0.4) is 0 Å². The summed E-state index contributed by atoms with van der Waals surface area (Å²) < 4.78 is 78.4. The number of H-pyrrole nitrogens is 6. The van der Waals surface area contributed by atoms with Crippen molar-refractivity contribution in [3.05, 3.63) is 215 Å². The molecule has 0 radical (unpaired) electrons. The van der Waals surface area contributed by atoms with E-state index >= 15 is 0 Å². The molecule has 0 unspecified atom stereocenters. The average molecular weight is 1080 g/mol. The summed E-state index contributed by atoms with van der Waals surface area (Å²) in [5, 5.41) is 4.92. The number of aromatic nitrogens is 6. The van der Waals surface area contributed by atoms with Gasteiger partial charge in [-0.05, 0) is 165 Å². The van der Waals surface area contributed by atoms with Crippen LogP contribution in [0.1, 0.15) is 116 Å². The van der Waals surface area contributed by atoms with Crippen LogP contribution in [-0.4, -0.2) is 29.9 Å². The Hall–Kier alpha value is -7.86. The maximum Gasteiger partial charge on any atom is 0.150 e. The molecule has 12 rings (SSSR count). The van der Waals surface area contributed by atoms with Gasteiger partial charge in [0.05, 0.1) is 16.6 Å². The van der Waals surface area contributed by atoms with Crippen molar-refractivity contribution >= 4 is 65.4 Å². The minimum Gasteiger partial charge on any atom is -0.361 e. The van der Waals surface area contributed by atoms with Crippen LogP contribution in [0.2, 0.25) is 0 Å². The quantitative estimate of drug-likeness (QED) is 0.0817. The fraction of sp³-hybridized carbons (Fsp3) is 0.273. The zero-order valence-corrected chi connectivity index (χ0v) is 49.1. The Morgan fingerprint density at radius 1 is 0.256 bits per heavy atom. The molecular formula is C66H84F6N6. The van der Waals surface area contributed by atoms with Crippen LogP contribution in [-0.2, 0) is 0 Å². The van der Waals surface area contributed by atoms with Crippen molar-refractivity contribution in [3.63, 3.8) is 0 Å². The number of fused-ring (bicyclic) bond motifs is 6. The molecule has 0 bridgehead atoms. The fourth-order valence-corrected chi connectivity index (χ4v) is 7.38. The van der Waals surface area contributed by atoms with Crippen LogP contribution < -0.4 is 0 Å². The second-order valence-electron chi connectivity index (χ2n) is 15.9. The highest BCUT2D eigenvalue weighted by molar-refractivity contribution is 5.84. The summed E-state index contributed by atoms with van der Waals surface area (Å²) in [5.74, 6) is -0.908. The zero-order chi connectivity index (χ0) is 59.1. The molecule has 0 saturated carbocycles. The SMILES string of the molecule is CC.CC.CC.CC.CC.CC.Cc1cc(F)c2[nH]ccc2c1.Cc1cc(F)c2cc[nH]c2c1.Cc1cc2cc[nH]c2cc1F.Cc1ccc(F)c2cc[nH]c12.Cc1ccc2[nH]ccc2c1F.Cc1ccc2cc[nH]c2c1F. The Labute approximate surface area is 459 Å². The summed E-state index contributed by atoms with van der Waals surface area (Å²) in [6, 6.07) is 31.8. The molecule has 6 aromatic heterocycles. The number of rotatable bonds is 0. The number of nitrogens with one attached hydrogen (secondary N) is 6. The molecule has 0 aliphatic heterocycles. The third kappa shape index (κ3) is 19.0. The molecule has 0 spiro atoms. The topological polar surface area (TPSA) is 94.7 Å². The molecule has 6 heterocycles. The van der Waals surface area contributed by atoms with Crippen molar-refractivity contribution in [2.24, 2.45) is 0 Å². The molecule has 0 aliphatic carbocycles. The minimum atomic E-state index is -0.176. The van der Waals surface area contributed by atoms with E-state index in [9.17, 15) is 26.3 Å². The standard InChI is InChI=1S/6C9H8FN.6C2H6/c1-6-4-7-2-3-11-9(7)5-8(6)10;1-6-4-8(10)7-2-3-11-9(7)5-6;1-6-4-7-2-3-11-9(7)8(10)5-6;1-6-2-3-8-7(9(6)10)4-5-11-8;1-6-2-3-8(10)7-4-5-11-9(6)7;1-6-2-3-7-4-5-11-9(7)8(6)10;6*1-2/h6*2-5,11H,1H3;6*1-2H3. The van der Waals surface area contributed by atoms with Crippen LogP contribution >= 0.6 is 0 Å². The van der Waals surface area contributed by atoms with Crippen molar-refractivity contribution in [2.75, 3.05) is 0 Å². The number of halogens is 6. The molecule has 0 amide bonds. The molecule has 6 aromatic carbocycles. The zero-order valence-electron chi connectivity index (χ0n) is 49.1. The number of hydrogen-bond acceptors (Lipinski definition) is 0. The van der Waals surface area contributed by atoms with Gasteiger partial charge in [-0.2, -0.15) is 0 Å². The molecule has 0 fully saturated rings. The van der Waals surface area contributed by atoms with Crippen molar-refractivity contribution in [1.82, 2.24) is 29.9 Å². The van der Waals surface area contributed by atoms with E-state index in [0.29, 0.717) is 43.9 Å². The molecule has 6 nitrogen and oxygen atoms in total. The van der Waals surface area contributed by atoms with Crippen LogP contribution in [0.5, 0.6) is 0 Å². The Kier molecular flexibility index (Phi) is 31.7. The van der Waals surface area contributed by atoms with Gasteiger partial charge >= 0.3 is 0 Å². The Morgan fingerprint density at radius 2 is 0.718 bits per heavy atom. The Balaban J connectivity index is 0.000000450. The first-order valence-corrected chi connectivity index (χ1v) is 27.0. The molecule has 0 saturated heterocycles. The van der Waals surface area contributed by atoms with Crippen LogP contribution in [0.4, 0.5) is 26.3 Å². The molecule has 78 heavy (non-hydrogen) atoms. The third-order valence-electron chi connectivity index (χ3n) is 10.9. The van der Waals surface area contributed by atoms with Crippen LogP contribution in [0.25, 0.3) is 65.4 Å². The molecular weight excluding hydrogens is 991 g/mol. The molecule has 420 valence electrons. The van der Waals surface area contributed by atoms with E-state index in [4.69, 9.17) is 0 Å². The average Bonchev–Trinajstić information content (AvgIpc) is 4.34. The van der Waals surface area contributed by atoms with E-state index in [1.807, 2.05) is 159 Å². The lowest BCUT2D eigenvalue weighted by Gasteiger charge is -1.95. The Bertz CT molecular complexity index is 3320. The van der Waals surface area contributed by atoms with Crippen molar-refractivity contribution < 1.29 is 26.3 Å². The van der Waals surface area contributed by atoms with E-state index < -0.39 is 0 Å². The number of benzene rings is 6. The molecule has 0 aliphatic rings. The summed E-state index contributed by atoms with van der Waals surface area (Å²) in [4.78, 5) is 17.5. The van der Waals surface area contributed by atoms with Gasteiger partial charge in [0.15, 0.2) is 0 Å².